The highest BCUT2D eigenvalue weighted by Crippen LogP contribution is 2.29. The minimum atomic E-state index is -0.103. The molecule has 138 valence electrons. The summed E-state index contributed by atoms with van der Waals surface area (Å²) in [6.07, 6.45) is 3.58. The molecule has 1 aromatic carbocycles. The third kappa shape index (κ3) is 2.99. The lowest BCUT2D eigenvalue weighted by Crippen LogP contribution is -2.30. The fraction of sp³-hybridized carbons (Fsp3) is 0.381. The van der Waals surface area contributed by atoms with Crippen molar-refractivity contribution >= 4 is 16.9 Å². The zero-order chi connectivity index (χ0) is 19.0. The van der Waals surface area contributed by atoms with Crippen molar-refractivity contribution in [3.8, 4) is 6.07 Å². The monoisotopic (exact) mass is 361 g/mol. The number of aryl methyl sites for hydroxylation is 2. The second-order valence-electron chi connectivity index (χ2n) is 7.20. The Hall–Kier alpha value is -3.07. The van der Waals surface area contributed by atoms with E-state index < -0.39 is 0 Å². The Morgan fingerprint density at radius 2 is 1.93 bits per heavy atom. The van der Waals surface area contributed by atoms with Gasteiger partial charge in [0.05, 0.1) is 23.9 Å². The molecule has 2 aromatic heterocycles. The Bertz CT molecular complexity index is 1100. The minimum Gasteiger partial charge on any atom is -0.370 e. The molecule has 3 heterocycles. The number of aromatic nitrogens is 3. The van der Waals surface area contributed by atoms with E-state index in [1.807, 2.05) is 25.1 Å². The van der Waals surface area contributed by atoms with Gasteiger partial charge in [-0.3, -0.25) is 9.13 Å². The largest absolute Gasteiger partial charge is 0.370 e. The molecular weight excluding hydrogens is 338 g/mol. The average Bonchev–Trinajstić information content (AvgIpc) is 2.93. The van der Waals surface area contributed by atoms with Gasteiger partial charge in [-0.05, 0) is 43.9 Å². The smallest absolute Gasteiger partial charge is 0.330 e. The molecule has 4 rings (SSSR count). The molecule has 6 heteroatoms. The minimum absolute atomic E-state index is 0.103. The van der Waals surface area contributed by atoms with Crippen LogP contribution in [0.25, 0.3) is 11.2 Å². The SMILES string of the molecule is Cc1cc(N2CCCCC2)c2c(n1)n(C)c(=O)n2Cc1ccccc1C#N. The summed E-state index contributed by atoms with van der Waals surface area (Å²) < 4.78 is 3.38. The Morgan fingerprint density at radius 3 is 2.67 bits per heavy atom. The third-order valence-electron chi connectivity index (χ3n) is 5.35. The zero-order valence-electron chi connectivity index (χ0n) is 15.8. The maximum Gasteiger partial charge on any atom is 0.330 e. The van der Waals surface area contributed by atoms with Crippen LogP contribution in [0.5, 0.6) is 0 Å². The second kappa shape index (κ2) is 6.92. The normalized spacial score (nSPS) is 14.5. The highest BCUT2D eigenvalue weighted by atomic mass is 16.1. The van der Waals surface area contributed by atoms with Gasteiger partial charge < -0.3 is 4.90 Å². The Balaban J connectivity index is 1.93. The van der Waals surface area contributed by atoms with Crippen molar-refractivity contribution in [3.63, 3.8) is 0 Å². The Morgan fingerprint density at radius 1 is 1.19 bits per heavy atom. The summed E-state index contributed by atoms with van der Waals surface area (Å²) in [4.78, 5) is 20.0. The van der Waals surface area contributed by atoms with Crippen LogP contribution < -0.4 is 10.6 Å². The summed E-state index contributed by atoms with van der Waals surface area (Å²) in [5.74, 6) is 0. The molecule has 0 radical (unpaired) electrons. The Kier molecular flexibility index (Phi) is 4.44. The molecule has 6 nitrogen and oxygen atoms in total. The van der Waals surface area contributed by atoms with Crippen molar-refractivity contribution in [1.29, 1.82) is 5.26 Å². The lowest BCUT2D eigenvalue weighted by molar-refractivity contribution is 0.578. The molecule has 1 fully saturated rings. The summed E-state index contributed by atoms with van der Waals surface area (Å²) in [5.41, 5.74) is 4.89. The van der Waals surface area contributed by atoms with E-state index in [-0.39, 0.29) is 5.69 Å². The van der Waals surface area contributed by atoms with Gasteiger partial charge in [0.15, 0.2) is 5.65 Å². The Labute approximate surface area is 158 Å². The summed E-state index contributed by atoms with van der Waals surface area (Å²) in [5, 5.41) is 9.42. The van der Waals surface area contributed by atoms with Gasteiger partial charge in [0.25, 0.3) is 0 Å². The highest BCUT2D eigenvalue weighted by Gasteiger charge is 2.22. The van der Waals surface area contributed by atoms with Crippen LogP contribution in [0.4, 0.5) is 5.69 Å². The molecule has 0 bridgehead atoms. The lowest BCUT2D eigenvalue weighted by atomic mass is 10.1. The van der Waals surface area contributed by atoms with Crippen LogP contribution in [0.15, 0.2) is 35.1 Å². The molecular formula is C21H23N5O. The average molecular weight is 361 g/mol. The molecule has 1 saturated heterocycles. The van der Waals surface area contributed by atoms with Crippen molar-refractivity contribution in [2.45, 2.75) is 32.7 Å². The zero-order valence-corrected chi connectivity index (χ0v) is 15.8. The van der Waals surface area contributed by atoms with E-state index in [1.54, 1.807) is 22.2 Å². The summed E-state index contributed by atoms with van der Waals surface area (Å²) in [7, 11) is 1.77. The summed E-state index contributed by atoms with van der Waals surface area (Å²) in [6, 6.07) is 11.8. The van der Waals surface area contributed by atoms with Crippen LogP contribution in [0, 0.1) is 18.3 Å². The van der Waals surface area contributed by atoms with Crippen LogP contribution in [-0.2, 0) is 13.6 Å². The van der Waals surface area contributed by atoms with Crippen molar-refractivity contribution < 1.29 is 0 Å². The number of benzene rings is 1. The van der Waals surface area contributed by atoms with Crippen LogP contribution in [0.1, 0.15) is 36.1 Å². The topological polar surface area (TPSA) is 66.8 Å². The fourth-order valence-corrected chi connectivity index (χ4v) is 3.95. The van der Waals surface area contributed by atoms with E-state index in [0.29, 0.717) is 17.8 Å². The second-order valence-corrected chi connectivity index (χ2v) is 7.20. The van der Waals surface area contributed by atoms with E-state index in [1.165, 1.54) is 6.42 Å². The van der Waals surface area contributed by atoms with Crippen LogP contribution in [0.3, 0.4) is 0 Å². The number of hydrogen-bond acceptors (Lipinski definition) is 4. The molecule has 0 saturated carbocycles. The molecule has 0 unspecified atom stereocenters. The molecule has 3 aromatic rings. The van der Waals surface area contributed by atoms with Gasteiger partial charge in [-0.25, -0.2) is 9.78 Å². The van der Waals surface area contributed by atoms with E-state index >= 15 is 0 Å². The summed E-state index contributed by atoms with van der Waals surface area (Å²) >= 11 is 0. The van der Waals surface area contributed by atoms with E-state index in [2.05, 4.69) is 22.0 Å². The first kappa shape index (κ1) is 17.3. The first-order valence-corrected chi connectivity index (χ1v) is 9.40. The number of nitriles is 1. The first-order valence-electron chi connectivity index (χ1n) is 9.40. The van der Waals surface area contributed by atoms with Crippen LogP contribution in [0.2, 0.25) is 0 Å². The van der Waals surface area contributed by atoms with Crippen LogP contribution >= 0.6 is 0 Å². The first-order chi connectivity index (χ1) is 13.1. The number of hydrogen-bond donors (Lipinski definition) is 0. The van der Waals surface area contributed by atoms with Gasteiger partial charge in [-0.2, -0.15) is 5.26 Å². The molecule has 27 heavy (non-hydrogen) atoms. The number of fused-ring (bicyclic) bond motifs is 1. The van der Waals surface area contributed by atoms with Crippen molar-refractivity contribution in [1.82, 2.24) is 14.1 Å². The van der Waals surface area contributed by atoms with E-state index in [9.17, 15) is 10.1 Å². The molecule has 1 aliphatic heterocycles. The maximum absolute atomic E-state index is 13.0. The molecule has 0 N–H and O–H groups in total. The number of pyridine rings is 1. The number of imidazole rings is 1. The van der Waals surface area contributed by atoms with E-state index in [4.69, 9.17) is 0 Å². The fourth-order valence-electron chi connectivity index (χ4n) is 3.95. The standard InChI is InChI=1S/C21H23N5O/c1-15-12-18(25-10-6-3-7-11-25)19-20(23-15)24(2)21(27)26(19)14-17-9-5-4-8-16(17)13-22/h4-5,8-9,12H,3,6-7,10-11,14H2,1-2H3. The quantitative estimate of drug-likeness (QED) is 0.719. The predicted molar refractivity (Wildman–Crippen MR) is 106 cm³/mol. The number of nitrogens with zero attached hydrogens (tertiary/aromatic N) is 5. The van der Waals surface area contributed by atoms with Gasteiger partial charge >= 0.3 is 5.69 Å². The maximum atomic E-state index is 13.0. The molecule has 0 atom stereocenters. The third-order valence-corrected chi connectivity index (χ3v) is 5.35. The molecule has 0 amide bonds. The van der Waals surface area contributed by atoms with E-state index in [0.717, 1.165) is 48.4 Å². The molecule has 0 aliphatic carbocycles. The van der Waals surface area contributed by atoms with Crippen LogP contribution in [-0.4, -0.2) is 27.2 Å². The van der Waals surface area contributed by atoms with Gasteiger partial charge in [0.2, 0.25) is 0 Å². The van der Waals surface area contributed by atoms with Gasteiger partial charge in [-0.1, -0.05) is 18.2 Å². The van der Waals surface area contributed by atoms with Gasteiger partial charge in [0, 0.05) is 25.8 Å². The number of piperidine rings is 1. The highest BCUT2D eigenvalue weighted by molar-refractivity contribution is 5.87. The molecule has 0 spiro atoms. The van der Waals surface area contributed by atoms with Crippen molar-refractivity contribution in [2.75, 3.05) is 18.0 Å². The predicted octanol–water partition coefficient (Wildman–Crippen LogP) is 2.95. The summed E-state index contributed by atoms with van der Waals surface area (Å²) in [6.45, 7) is 4.33. The van der Waals surface area contributed by atoms with Crippen molar-refractivity contribution in [3.05, 3.63) is 57.6 Å². The molecule has 1 aliphatic rings. The lowest BCUT2D eigenvalue weighted by Gasteiger charge is -2.29. The number of rotatable bonds is 3. The van der Waals surface area contributed by atoms with Crippen molar-refractivity contribution in [2.24, 2.45) is 7.05 Å². The van der Waals surface area contributed by atoms with Gasteiger partial charge in [-0.15, -0.1) is 0 Å². The number of anilines is 1. The van der Waals surface area contributed by atoms with Gasteiger partial charge in [0.1, 0.15) is 5.52 Å².